The van der Waals surface area contributed by atoms with Gasteiger partial charge in [-0.2, -0.15) is 0 Å². The van der Waals surface area contributed by atoms with Crippen LogP contribution in [0.1, 0.15) is 24.2 Å². The van der Waals surface area contributed by atoms with Gasteiger partial charge in [0.25, 0.3) is 0 Å². The van der Waals surface area contributed by atoms with Crippen molar-refractivity contribution in [2.75, 3.05) is 19.4 Å². The van der Waals surface area contributed by atoms with E-state index in [1.165, 1.54) is 25.3 Å². The predicted molar refractivity (Wildman–Crippen MR) is 65.6 cm³/mol. The van der Waals surface area contributed by atoms with Crippen molar-refractivity contribution < 1.29 is 38.1 Å². The summed E-state index contributed by atoms with van der Waals surface area (Å²) in [5.41, 5.74) is 0.0305. The molecule has 6 heteroatoms. The fourth-order valence-corrected chi connectivity index (χ4v) is 3.77. The van der Waals surface area contributed by atoms with Crippen LogP contribution in [0.15, 0.2) is 18.2 Å². The number of aromatic carboxylic acids is 1. The zero-order valence-corrected chi connectivity index (χ0v) is 12.1. The van der Waals surface area contributed by atoms with E-state index in [0.717, 1.165) is 0 Å². The predicted octanol–water partition coefficient (Wildman–Crippen LogP) is -1.91. The van der Waals surface area contributed by atoms with Gasteiger partial charge in [-0.15, -0.1) is 0 Å². The second-order valence-corrected chi connectivity index (χ2v) is 7.22. The smallest absolute Gasteiger partial charge is 0.545 e. The molecule has 0 amide bonds. The molecule has 1 rings (SSSR count). The van der Waals surface area contributed by atoms with Crippen molar-refractivity contribution >= 4 is 18.4 Å². The SMILES string of the molecule is CCP(=O)(CC)c1cc(C(=O)[O-])ccc1OC.[Li+]. The first kappa shape index (κ1) is 17.3. The molecule has 0 saturated heterocycles. The Bertz CT molecular complexity index is 465. The molecule has 0 aliphatic carbocycles. The summed E-state index contributed by atoms with van der Waals surface area (Å²) in [6.07, 6.45) is 0.965. The van der Waals surface area contributed by atoms with Gasteiger partial charge in [0.2, 0.25) is 0 Å². The van der Waals surface area contributed by atoms with Crippen LogP contribution in [0, 0.1) is 0 Å². The minimum absolute atomic E-state index is 0. The number of carbonyl (C=O) groups excluding carboxylic acids is 1. The van der Waals surface area contributed by atoms with Crippen molar-refractivity contribution in [2.24, 2.45) is 0 Å². The molecule has 0 bridgehead atoms. The molecule has 0 heterocycles. The molecule has 0 aromatic heterocycles. The zero-order chi connectivity index (χ0) is 13.1. The fourth-order valence-electron chi connectivity index (χ4n) is 1.70. The van der Waals surface area contributed by atoms with Gasteiger partial charge in [0.1, 0.15) is 12.9 Å². The Balaban J connectivity index is 0.00000289. The molecule has 0 unspecified atom stereocenters. The number of methoxy groups -OCH3 is 1. The van der Waals surface area contributed by atoms with E-state index in [4.69, 9.17) is 4.74 Å². The van der Waals surface area contributed by atoms with Gasteiger partial charge in [0.05, 0.1) is 18.4 Å². The maximum absolute atomic E-state index is 12.6. The van der Waals surface area contributed by atoms with Crippen LogP contribution in [0.5, 0.6) is 5.75 Å². The van der Waals surface area contributed by atoms with Crippen molar-refractivity contribution in [3.05, 3.63) is 23.8 Å². The Morgan fingerprint density at radius 3 is 2.28 bits per heavy atom. The minimum atomic E-state index is -2.57. The summed E-state index contributed by atoms with van der Waals surface area (Å²) >= 11 is 0. The first-order valence-electron chi connectivity index (χ1n) is 5.46. The zero-order valence-electron chi connectivity index (χ0n) is 11.2. The molecule has 0 fully saturated rings. The monoisotopic (exact) mass is 262 g/mol. The molecule has 0 radical (unpaired) electrons. The number of hydrogen-bond donors (Lipinski definition) is 0. The standard InChI is InChI=1S/C12H17O4P.Li/c1-4-17(15,5-2)11-8-9(12(13)14)6-7-10(11)16-3;/h6-8H,4-5H2,1-3H3,(H,13,14);/q;+1/p-1. The maximum Gasteiger partial charge on any atom is 1.00 e. The van der Waals surface area contributed by atoms with Crippen LogP contribution in [0.2, 0.25) is 0 Å². The van der Waals surface area contributed by atoms with Gasteiger partial charge in [0, 0.05) is 12.3 Å². The first-order valence-corrected chi connectivity index (χ1v) is 7.54. The van der Waals surface area contributed by atoms with Crippen LogP contribution in [-0.4, -0.2) is 25.4 Å². The van der Waals surface area contributed by atoms with Crippen molar-refractivity contribution in [1.29, 1.82) is 0 Å². The fraction of sp³-hybridized carbons (Fsp3) is 0.417. The molecule has 4 nitrogen and oxygen atoms in total. The van der Waals surface area contributed by atoms with E-state index in [2.05, 4.69) is 0 Å². The second-order valence-electron chi connectivity index (χ2n) is 3.70. The van der Waals surface area contributed by atoms with Crippen LogP contribution in [0.3, 0.4) is 0 Å². The molecule has 0 aliphatic rings. The van der Waals surface area contributed by atoms with Crippen molar-refractivity contribution in [2.45, 2.75) is 13.8 Å². The molecule has 1 aromatic rings. The third kappa shape index (κ3) is 3.42. The van der Waals surface area contributed by atoms with Crippen molar-refractivity contribution in [1.82, 2.24) is 0 Å². The van der Waals surface area contributed by atoms with Gasteiger partial charge < -0.3 is 19.2 Å². The molecular weight excluding hydrogens is 246 g/mol. The summed E-state index contributed by atoms with van der Waals surface area (Å²) in [5, 5.41) is 11.3. The van der Waals surface area contributed by atoms with Gasteiger partial charge in [-0.25, -0.2) is 0 Å². The van der Waals surface area contributed by atoms with E-state index in [0.29, 0.717) is 23.4 Å². The van der Waals surface area contributed by atoms with Gasteiger partial charge >= 0.3 is 18.9 Å². The van der Waals surface area contributed by atoms with Gasteiger partial charge in [-0.3, -0.25) is 0 Å². The van der Waals surface area contributed by atoms with Gasteiger partial charge in [0.15, 0.2) is 0 Å². The Labute approximate surface area is 119 Å². The molecule has 0 atom stereocenters. The number of carboxylic acid groups (broad SMARTS) is 1. The van der Waals surface area contributed by atoms with Crippen LogP contribution in [0.4, 0.5) is 0 Å². The van der Waals surface area contributed by atoms with Crippen LogP contribution < -0.4 is 34.0 Å². The molecule has 1 aromatic carbocycles. The van der Waals surface area contributed by atoms with Crippen molar-refractivity contribution in [3.63, 3.8) is 0 Å². The largest absolute Gasteiger partial charge is 1.00 e. The molecule has 18 heavy (non-hydrogen) atoms. The Morgan fingerprint density at radius 2 is 1.89 bits per heavy atom. The average Bonchev–Trinajstić information content (AvgIpc) is 2.36. The van der Waals surface area contributed by atoms with Crippen molar-refractivity contribution in [3.8, 4) is 5.75 Å². The Morgan fingerprint density at radius 1 is 1.33 bits per heavy atom. The molecular formula is C12H16LiO4P. The van der Waals surface area contributed by atoms with Gasteiger partial charge in [-0.1, -0.05) is 13.8 Å². The van der Waals surface area contributed by atoms with Crippen LogP contribution in [0.25, 0.3) is 0 Å². The molecule has 0 N–H and O–H groups in total. The molecule has 94 valence electrons. The van der Waals surface area contributed by atoms with Crippen LogP contribution in [-0.2, 0) is 4.57 Å². The minimum Gasteiger partial charge on any atom is -0.545 e. The summed E-state index contributed by atoms with van der Waals surface area (Å²) in [6, 6.07) is 4.33. The summed E-state index contributed by atoms with van der Waals surface area (Å²) in [6.45, 7) is 3.66. The third-order valence-electron chi connectivity index (χ3n) is 2.88. The van der Waals surface area contributed by atoms with E-state index in [9.17, 15) is 14.5 Å². The average molecular weight is 262 g/mol. The number of hydrogen-bond acceptors (Lipinski definition) is 4. The molecule has 0 aliphatic heterocycles. The van der Waals surface area contributed by atoms with Gasteiger partial charge in [-0.05, 0) is 23.8 Å². The Hall–Kier alpha value is -0.683. The number of benzene rings is 1. The third-order valence-corrected chi connectivity index (χ3v) is 6.15. The maximum atomic E-state index is 12.6. The van der Waals surface area contributed by atoms with E-state index in [-0.39, 0.29) is 24.4 Å². The summed E-state index contributed by atoms with van der Waals surface area (Å²) in [7, 11) is -1.09. The molecule has 0 spiro atoms. The summed E-state index contributed by atoms with van der Waals surface area (Å²) < 4.78 is 17.8. The summed E-state index contributed by atoms with van der Waals surface area (Å²) in [4.78, 5) is 10.8. The quantitative estimate of drug-likeness (QED) is 0.459. The number of carboxylic acids is 1. The number of rotatable bonds is 5. The second kappa shape index (κ2) is 7.04. The van der Waals surface area contributed by atoms with Crippen LogP contribution >= 0.6 is 7.14 Å². The van der Waals surface area contributed by atoms with E-state index in [1.807, 2.05) is 13.8 Å². The normalized spacial score (nSPS) is 10.6. The molecule has 0 saturated carbocycles. The first-order chi connectivity index (χ1) is 7.98. The summed E-state index contributed by atoms with van der Waals surface area (Å²) in [5.74, 6) is -0.797. The number of ether oxygens (including phenoxy) is 1. The number of carbonyl (C=O) groups is 1. The van der Waals surface area contributed by atoms with E-state index in [1.54, 1.807) is 0 Å². The topological polar surface area (TPSA) is 66.4 Å². The Kier molecular flexibility index (Phi) is 6.77. The van der Waals surface area contributed by atoms with E-state index < -0.39 is 13.1 Å². The van der Waals surface area contributed by atoms with E-state index >= 15 is 0 Å².